The molecule has 0 unspecified atom stereocenters. The summed E-state index contributed by atoms with van der Waals surface area (Å²) in [4.78, 5) is 0. The smallest absolute Gasteiger partial charge is 0.257 e. The first-order valence-corrected chi connectivity index (χ1v) is 6.19. The summed E-state index contributed by atoms with van der Waals surface area (Å²) < 4.78 is 63.4. The third-order valence-electron chi connectivity index (χ3n) is 2.35. The van der Waals surface area contributed by atoms with Gasteiger partial charge in [0.15, 0.2) is 0 Å². The molecule has 0 saturated carbocycles. The minimum atomic E-state index is -4.48. The first-order valence-electron chi connectivity index (χ1n) is 4.75. The molecule has 2 rings (SSSR count). The molecule has 1 saturated heterocycles. The van der Waals surface area contributed by atoms with Crippen molar-refractivity contribution >= 4 is 15.9 Å². The molecule has 1 aromatic rings. The molecule has 0 amide bonds. The van der Waals surface area contributed by atoms with Crippen LogP contribution < -0.4 is 9.03 Å². The summed E-state index contributed by atoms with van der Waals surface area (Å²) in [6, 6.07) is 4.25. The standard InChI is InChI=1S/C9H9F3N2O2S/c10-9(11,12)7-2-1-3-8(6-7)14-5-4-13-17(14,15)16/h1-3,6,13H,4-5H2. The summed E-state index contributed by atoms with van der Waals surface area (Å²) >= 11 is 0. The number of hydrogen-bond donors (Lipinski definition) is 1. The third-order valence-corrected chi connectivity index (χ3v) is 3.89. The molecule has 1 aliphatic rings. The highest BCUT2D eigenvalue weighted by Crippen LogP contribution is 2.32. The minimum absolute atomic E-state index is 0.0184. The number of benzene rings is 1. The molecule has 1 aliphatic heterocycles. The maximum absolute atomic E-state index is 12.5. The lowest BCUT2D eigenvalue weighted by Crippen LogP contribution is -2.29. The van der Waals surface area contributed by atoms with Crippen molar-refractivity contribution in [3.63, 3.8) is 0 Å². The van der Waals surface area contributed by atoms with E-state index in [0.29, 0.717) is 0 Å². The van der Waals surface area contributed by atoms with Gasteiger partial charge in [0.1, 0.15) is 0 Å². The fraction of sp³-hybridized carbons (Fsp3) is 0.333. The molecule has 94 valence electrons. The van der Waals surface area contributed by atoms with E-state index in [2.05, 4.69) is 4.72 Å². The Hall–Kier alpha value is -1.28. The number of anilines is 1. The van der Waals surface area contributed by atoms with Crippen molar-refractivity contribution in [2.45, 2.75) is 6.18 Å². The summed E-state index contributed by atoms with van der Waals surface area (Å²) in [5.41, 5.74) is -0.845. The molecule has 0 aromatic heterocycles. The van der Waals surface area contributed by atoms with E-state index in [9.17, 15) is 21.6 Å². The van der Waals surface area contributed by atoms with Gasteiger partial charge in [0.05, 0.1) is 11.3 Å². The lowest BCUT2D eigenvalue weighted by atomic mass is 10.2. The van der Waals surface area contributed by atoms with E-state index < -0.39 is 21.9 Å². The molecule has 1 N–H and O–H groups in total. The Morgan fingerprint density at radius 2 is 2.00 bits per heavy atom. The largest absolute Gasteiger partial charge is 0.416 e. The van der Waals surface area contributed by atoms with E-state index in [1.807, 2.05) is 0 Å². The Balaban J connectivity index is 2.41. The van der Waals surface area contributed by atoms with E-state index in [-0.39, 0.29) is 18.8 Å². The molecule has 1 fully saturated rings. The van der Waals surface area contributed by atoms with Gasteiger partial charge in [0, 0.05) is 13.1 Å². The van der Waals surface area contributed by atoms with Gasteiger partial charge in [-0.25, -0.2) is 0 Å². The molecule has 17 heavy (non-hydrogen) atoms. The van der Waals surface area contributed by atoms with Gasteiger partial charge < -0.3 is 0 Å². The van der Waals surface area contributed by atoms with Crippen LogP contribution in [0.3, 0.4) is 0 Å². The van der Waals surface area contributed by atoms with Crippen molar-refractivity contribution in [3.05, 3.63) is 29.8 Å². The van der Waals surface area contributed by atoms with Crippen molar-refractivity contribution in [1.82, 2.24) is 4.72 Å². The van der Waals surface area contributed by atoms with Gasteiger partial charge in [0.25, 0.3) is 0 Å². The lowest BCUT2D eigenvalue weighted by Gasteiger charge is -2.17. The zero-order chi connectivity index (χ0) is 12.7. The Morgan fingerprint density at radius 1 is 1.29 bits per heavy atom. The molecule has 0 aliphatic carbocycles. The lowest BCUT2D eigenvalue weighted by molar-refractivity contribution is -0.137. The maximum atomic E-state index is 12.5. The predicted molar refractivity (Wildman–Crippen MR) is 55.7 cm³/mol. The second kappa shape index (κ2) is 3.88. The average Bonchev–Trinajstić information content (AvgIpc) is 2.57. The van der Waals surface area contributed by atoms with Crippen LogP contribution in [0.4, 0.5) is 18.9 Å². The summed E-state index contributed by atoms with van der Waals surface area (Å²) in [5.74, 6) is 0. The first-order chi connectivity index (χ1) is 7.81. The van der Waals surface area contributed by atoms with Crippen LogP contribution in [0.25, 0.3) is 0 Å². The highest BCUT2D eigenvalue weighted by atomic mass is 32.2. The SMILES string of the molecule is O=S1(=O)NCCN1c1cccc(C(F)(F)F)c1. The Bertz CT molecular complexity index is 527. The zero-order valence-corrected chi connectivity index (χ0v) is 9.35. The Morgan fingerprint density at radius 3 is 2.53 bits per heavy atom. The van der Waals surface area contributed by atoms with Gasteiger partial charge >= 0.3 is 16.4 Å². The van der Waals surface area contributed by atoms with Crippen LogP contribution in [-0.2, 0) is 16.4 Å². The van der Waals surface area contributed by atoms with E-state index >= 15 is 0 Å². The molecule has 0 spiro atoms. The van der Waals surface area contributed by atoms with Crippen LogP contribution in [0.15, 0.2) is 24.3 Å². The summed E-state index contributed by atoms with van der Waals surface area (Å²) in [5, 5.41) is 0. The molecule has 0 bridgehead atoms. The summed E-state index contributed by atoms with van der Waals surface area (Å²) in [6.45, 7) is 0.322. The van der Waals surface area contributed by atoms with Crippen molar-refractivity contribution in [2.75, 3.05) is 17.4 Å². The van der Waals surface area contributed by atoms with Crippen molar-refractivity contribution in [1.29, 1.82) is 0 Å². The van der Waals surface area contributed by atoms with Crippen LogP contribution in [0, 0.1) is 0 Å². The molecule has 0 radical (unpaired) electrons. The van der Waals surface area contributed by atoms with Gasteiger partial charge in [-0.3, -0.25) is 4.31 Å². The zero-order valence-electron chi connectivity index (χ0n) is 8.53. The highest BCUT2D eigenvalue weighted by Gasteiger charge is 2.33. The molecule has 0 atom stereocenters. The van der Waals surface area contributed by atoms with Crippen molar-refractivity contribution in [2.24, 2.45) is 0 Å². The van der Waals surface area contributed by atoms with Crippen LogP contribution in [-0.4, -0.2) is 21.5 Å². The normalized spacial score (nSPS) is 19.6. The van der Waals surface area contributed by atoms with E-state index in [1.165, 1.54) is 12.1 Å². The molecule has 1 aromatic carbocycles. The van der Waals surface area contributed by atoms with Crippen LogP contribution in [0.5, 0.6) is 0 Å². The van der Waals surface area contributed by atoms with Crippen LogP contribution in [0.1, 0.15) is 5.56 Å². The second-order valence-corrected chi connectivity index (χ2v) is 5.20. The van der Waals surface area contributed by atoms with Gasteiger partial charge in [-0.2, -0.15) is 26.3 Å². The highest BCUT2D eigenvalue weighted by molar-refractivity contribution is 7.91. The maximum Gasteiger partial charge on any atom is 0.416 e. The Kier molecular flexibility index (Phi) is 2.78. The number of rotatable bonds is 1. The van der Waals surface area contributed by atoms with E-state index in [1.54, 1.807) is 0 Å². The van der Waals surface area contributed by atoms with Crippen molar-refractivity contribution in [3.8, 4) is 0 Å². The summed E-state index contributed by atoms with van der Waals surface area (Å²) in [7, 11) is -3.69. The van der Waals surface area contributed by atoms with Gasteiger partial charge in [-0.1, -0.05) is 6.07 Å². The van der Waals surface area contributed by atoms with Gasteiger partial charge in [-0.15, -0.1) is 0 Å². The fourth-order valence-electron chi connectivity index (χ4n) is 1.58. The molecule has 4 nitrogen and oxygen atoms in total. The first kappa shape index (κ1) is 12.2. The minimum Gasteiger partial charge on any atom is -0.257 e. The van der Waals surface area contributed by atoms with E-state index in [4.69, 9.17) is 0 Å². The Labute approximate surface area is 96.2 Å². The van der Waals surface area contributed by atoms with Crippen LogP contribution >= 0.6 is 0 Å². The topological polar surface area (TPSA) is 49.4 Å². The molecule has 1 heterocycles. The molecular formula is C9H9F3N2O2S. The van der Waals surface area contributed by atoms with Crippen LogP contribution in [0.2, 0.25) is 0 Å². The van der Waals surface area contributed by atoms with E-state index in [0.717, 1.165) is 16.4 Å². The number of halogens is 3. The molecule has 8 heteroatoms. The average molecular weight is 266 g/mol. The third kappa shape index (κ3) is 2.37. The quantitative estimate of drug-likeness (QED) is 0.834. The second-order valence-electron chi connectivity index (χ2n) is 3.52. The monoisotopic (exact) mass is 266 g/mol. The number of nitrogens with one attached hydrogen (secondary N) is 1. The fourth-order valence-corrected chi connectivity index (χ4v) is 2.81. The van der Waals surface area contributed by atoms with Gasteiger partial charge in [0.2, 0.25) is 0 Å². The van der Waals surface area contributed by atoms with Gasteiger partial charge in [-0.05, 0) is 18.2 Å². The molecular weight excluding hydrogens is 257 g/mol. The number of hydrogen-bond acceptors (Lipinski definition) is 2. The van der Waals surface area contributed by atoms with Crippen molar-refractivity contribution < 1.29 is 21.6 Å². The number of alkyl halides is 3. The summed E-state index contributed by atoms with van der Waals surface area (Å²) in [6.07, 6.45) is -4.48. The number of nitrogens with zero attached hydrogens (tertiary/aromatic N) is 1. The predicted octanol–water partition coefficient (Wildman–Crippen LogP) is 1.36.